The molecule has 0 spiro atoms. The molecule has 148 valence electrons. The highest BCUT2D eigenvalue weighted by molar-refractivity contribution is 7.09. The average Bonchev–Trinajstić information content (AvgIpc) is 3.26. The van der Waals surface area contributed by atoms with Crippen LogP contribution in [-0.2, 0) is 0 Å². The van der Waals surface area contributed by atoms with Crippen molar-refractivity contribution in [2.75, 3.05) is 31.5 Å². The van der Waals surface area contributed by atoms with Gasteiger partial charge < -0.3 is 5.32 Å². The molecule has 10 heteroatoms. The second kappa shape index (κ2) is 8.03. The van der Waals surface area contributed by atoms with E-state index in [1.807, 2.05) is 30.3 Å². The lowest BCUT2D eigenvalue weighted by molar-refractivity contribution is -0.384. The zero-order valence-corrected chi connectivity index (χ0v) is 16.3. The van der Waals surface area contributed by atoms with Crippen molar-refractivity contribution < 1.29 is 9.72 Å². The highest BCUT2D eigenvalue weighted by atomic mass is 32.1. The number of nitro benzene ring substituents is 1. The van der Waals surface area contributed by atoms with Crippen LogP contribution in [0.25, 0.3) is 11.4 Å². The van der Waals surface area contributed by atoms with Gasteiger partial charge in [0.2, 0.25) is 0 Å². The van der Waals surface area contributed by atoms with Gasteiger partial charge in [0.15, 0.2) is 5.82 Å². The first kappa shape index (κ1) is 19.1. The predicted octanol–water partition coefficient (Wildman–Crippen LogP) is 3.26. The largest absolute Gasteiger partial charge is 0.428 e. The summed E-state index contributed by atoms with van der Waals surface area (Å²) in [5, 5.41) is 17.6. The van der Waals surface area contributed by atoms with Gasteiger partial charge in [-0.3, -0.25) is 15.4 Å². The minimum atomic E-state index is -0.470. The molecule has 0 atom stereocenters. The number of nitrogens with one attached hydrogen (secondary N) is 2. The number of amides is 2. The summed E-state index contributed by atoms with van der Waals surface area (Å²) in [6, 6.07) is 15.2. The lowest BCUT2D eigenvalue weighted by Gasteiger charge is -2.35. The molecular formula is C19H19N6O3S+. The number of urea groups is 1. The van der Waals surface area contributed by atoms with Gasteiger partial charge in [-0.2, -0.15) is 13.8 Å². The van der Waals surface area contributed by atoms with E-state index in [1.54, 1.807) is 0 Å². The lowest BCUT2D eigenvalue weighted by atomic mass is 10.2. The summed E-state index contributed by atoms with van der Waals surface area (Å²) in [4.78, 5) is 28.3. The Morgan fingerprint density at radius 2 is 1.79 bits per heavy atom. The van der Waals surface area contributed by atoms with E-state index >= 15 is 0 Å². The van der Waals surface area contributed by atoms with Crippen molar-refractivity contribution in [2.24, 2.45) is 0 Å². The Morgan fingerprint density at radius 1 is 1.10 bits per heavy atom. The number of nitrogens with zero attached hydrogens (tertiary/aromatic N) is 4. The molecule has 0 bridgehead atoms. The maximum atomic E-state index is 13.3. The fourth-order valence-corrected chi connectivity index (χ4v) is 4.11. The van der Waals surface area contributed by atoms with Crippen molar-refractivity contribution in [1.82, 2.24) is 19.2 Å². The van der Waals surface area contributed by atoms with Crippen molar-refractivity contribution in [1.29, 1.82) is 0 Å². The Labute approximate surface area is 170 Å². The van der Waals surface area contributed by atoms with Crippen molar-refractivity contribution in [2.45, 2.75) is 0 Å². The number of nitro groups is 1. The molecule has 1 aliphatic rings. The smallest absolute Gasteiger partial charge is 0.306 e. The van der Waals surface area contributed by atoms with Gasteiger partial charge in [0.25, 0.3) is 5.69 Å². The minimum Gasteiger partial charge on any atom is -0.306 e. The van der Waals surface area contributed by atoms with Gasteiger partial charge in [-0.1, -0.05) is 30.3 Å². The number of non-ortho nitro benzene ring substituents is 1. The highest BCUT2D eigenvalue weighted by Gasteiger charge is 2.44. The fourth-order valence-electron chi connectivity index (χ4n) is 3.25. The molecule has 2 heterocycles. The molecule has 1 fully saturated rings. The van der Waals surface area contributed by atoms with E-state index < -0.39 is 4.92 Å². The SMILES string of the molecule is O=C(Nc1ccc([N+](=O)[O-])cc1)[N+]1(c2nc(-c3ccccc3)ns2)CCNCC1. The number of anilines is 1. The number of rotatable bonds is 4. The van der Waals surface area contributed by atoms with E-state index in [1.165, 1.54) is 35.8 Å². The monoisotopic (exact) mass is 411 g/mol. The lowest BCUT2D eigenvalue weighted by Crippen LogP contribution is -2.64. The van der Waals surface area contributed by atoms with Crippen molar-refractivity contribution in [3.63, 3.8) is 0 Å². The fraction of sp³-hybridized carbons (Fsp3) is 0.211. The number of benzene rings is 2. The quantitative estimate of drug-likeness (QED) is 0.387. The number of carbonyl (C=O) groups is 1. The first-order chi connectivity index (χ1) is 14.1. The third kappa shape index (κ3) is 3.86. The summed E-state index contributed by atoms with van der Waals surface area (Å²) < 4.78 is 4.50. The zero-order valence-electron chi connectivity index (χ0n) is 15.4. The van der Waals surface area contributed by atoms with E-state index in [4.69, 9.17) is 0 Å². The van der Waals surface area contributed by atoms with Crippen LogP contribution in [-0.4, -0.2) is 46.5 Å². The first-order valence-electron chi connectivity index (χ1n) is 9.12. The van der Waals surface area contributed by atoms with Gasteiger partial charge in [0.1, 0.15) is 13.1 Å². The second-order valence-electron chi connectivity index (χ2n) is 6.67. The number of hydrogen-bond donors (Lipinski definition) is 2. The Hall–Kier alpha value is -3.21. The Balaban J connectivity index is 1.62. The van der Waals surface area contributed by atoms with Gasteiger partial charge >= 0.3 is 11.2 Å². The van der Waals surface area contributed by atoms with Crippen LogP contribution < -0.4 is 15.1 Å². The molecule has 0 radical (unpaired) electrons. The molecule has 0 saturated carbocycles. The van der Waals surface area contributed by atoms with Crippen LogP contribution in [0.4, 0.5) is 21.3 Å². The van der Waals surface area contributed by atoms with Crippen molar-refractivity contribution >= 4 is 34.1 Å². The summed E-state index contributed by atoms with van der Waals surface area (Å²) in [7, 11) is 0. The van der Waals surface area contributed by atoms with Crippen LogP contribution in [0.2, 0.25) is 0 Å². The molecule has 2 N–H and O–H groups in total. The van der Waals surface area contributed by atoms with Gasteiger partial charge in [-0.05, 0) is 12.1 Å². The standard InChI is InChI=1S/C19H18N6O3S/c26-18(21-15-6-8-16(9-7-15)24(27)28)25(12-10-20-11-13-25)19-22-17(23-29-19)14-4-2-1-3-5-14/h1-9,20H,10-13H2/p+1. The number of carbonyl (C=O) groups excluding carboxylic acids is 1. The van der Waals surface area contributed by atoms with Crippen LogP contribution in [0.15, 0.2) is 54.6 Å². The van der Waals surface area contributed by atoms with Gasteiger partial charge in [0, 0.05) is 48.0 Å². The molecule has 1 aliphatic heterocycles. The third-order valence-electron chi connectivity index (χ3n) is 4.87. The van der Waals surface area contributed by atoms with E-state index in [0.29, 0.717) is 42.8 Å². The van der Waals surface area contributed by atoms with Gasteiger partial charge in [-0.25, -0.2) is 4.79 Å². The van der Waals surface area contributed by atoms with Crippen LogP contribution in [0.5, 0.6) is 0 Å². The van der Waals surface area contributed by atoms with E-state index in [0.717, 1.165) is 5.56 Å². The van der Waals surface area contributed by atoms with Crippen LogP contribution in [0.1, 0.15) is 0 Å². The topological polar surface area (TPSA) is 110 Å². The normalized spacial score (nSPS) is 15.6. The van der Waals surface area contributed by atoms with Crippen LogP contribution in [0, 0.1) is 10.1 Å². The molecule has 0 unspecified atom stereocenters. The van der Waals surface area contributed by atoms with E-state index in [2.05, 4.69) is 20.0 Å². The third-order valence-corrected chi connectivity index (χ3v) is 5.74. The summed E-state index contributed by atoms with van der Waals surface area (Å²) in [6.45, 7) is 2.44. The molecule has 2 aromatic carbocycles. The molecule has 9 nitrogen and oxygen atoms in total. The maximum absolute atomic E-state index is 13.3. The number of quaternary nitrogens is 1. The number of aromatic nitrogens is 2. The minimum absolute atomic E-state index is 0.0225. The Kier molecular flexibility index (Phi) is 5.30. The van der Waals surface area contributed by atoms with Crippen molar-refractivity contribution in [3.05, 3.63) is 64.7 Å². The molecule has 3 aromatic rings. The summed E-state index contributed by atoms with van der Waals surface area (Å²) >= 11 is 1.23. The maximum Gasteiger partial charge on any atom is 0.428 e. The first-order valence-corrected chi connectivity index (χ1v) is 9.89. The van der Waals surface area contributed by atoms with Crippen LogP contribution in [0.3, 0.4) is 0 Å². The second-order valence-corrected chi connectivity index (χ2v) is 7.40. The van der Waals surface area contributed by atoms with E-state index in [-0.39, 0.29) is 16.2 Å². The number of piperazine rings is 1. The van der Waals surface area contributed by atoms with Crippen molar-refractivity contribution in [3.8, 4) is 11.4 Å². The average molecular weight is 411 g/mol. The molecule has 29 heavy (non-hydrogen) atoms. The Morgan fingerprint density at radius 3 is 2.45 bits per heavy atom. The molecule has 0 aliphatic carbocycles. The Bertz CT molecular complexity index is 1020. The van der Waals surface area contributed by atoms with Crippen LogP contribution >= 0.6 is 11.5 Å². The van der Waals surface area contributed by atoms with Gasteiger partial charge in [0.05, 0.1) is 4.92 Å². The molecule has 2 amide bonds. The summed E-state index contributed by atoms with van der Waals surface area (Å²) in [5.74, 6) is 0.602. The summed E-state index contributed by atoms with van der Waals surface area (Å²) in [5.41, 5.74) is 1.38. The number of hydrogen-bond acceptors (Lipinski definition) is 7. The highest BCUT2D eigenvalue weighted by Crippen LogP contribution is 2.31. The molecule has 4 rings (SSSR count). The zero-order chi connectivity index (χ0) is 20.3. The summed E-state index contributed by atoms with van der Waals surface area (Å²) in [6.07, 6.45) is 0. The molecular weight excluding hydrogens is 392 g/mol. The molecule has 1 aromatic heterocycles. The molecule has 1 saturated heterocycles. The van der Waals surface area contributed by atoms with Gasteiger partial charge in [-0.15, -0.1) is 0 Å². The predicted molar refractivity (Wildman–Crippen MR) is 112 cm³/mol. The van der Waals surface area contributed by atoms with E-state index in [9.17, 15) is 14.9 Å².